The third kappa shape index (κ3) is 0.672. The van der Waals surface area contributed by atoms with Gasteiger partial charge in [0.1, 0.15) is 0 Å². The molecule has 1 aromatic rings. The molecule has 57 valence electrons. The van der Waals surface area contributed by atoms with Gasteiger partial charge in [-0.2, -0.15) is 0 Å². The van der Waals surface area contributed by atoms with Crippen LogP contribution in [0.4, 0.5) is 0 Å². The topological polar surface area (TPSA) is 0 Å². The number of benzene rings is 1. The fourth-order valence-electron chi connectivity index (χ4n) is 2.00. The van der Waals surface area contributed by atoms with Crippen molar-refractivity contribution in [3.8, 4) is 0 Å². The minimum absolute atomic E-state index is 1.09. The van der Waals surface area contributed by atoms with Crippen LogP contribution in [-0.2, 0) is 6.42 Å². The molecule has 0 fully saturated rings. The Bertz CT molecular complexity index is 394. The third-order valence-corrected chi connectivity index (χ3v) is 2.55. The molecule has 3 rings (SSSR count). The lowest BCUT2D eigenvalue weighted by Gasteiger charge is -2.13. The summed E-state index contributed by atoms with van der Waals surface area (Å²) in [7, 11) is 0. The first-order chi connectivity index (χ1) is 5.95. The molecule has 0 amide bonds. The van der Waals surface area contributed by atoms with Gasteiger partial charge >= 0.3 is 0 Å². The first kappa shape index (κ1) is 6.24. The number of hydrogen-bond acceptors (Lipinski definition) is 0. The van der Waals surface area contributed by atoms with Gasteiger partial charge in [0.05, 0.1) is 0 Å². The molecule has 0 heteroatoms. The van der Waals surface area contributed by atoms with E-state index >= 15 is 0 Å². The quantitative estimate of drug-likeness (QED) is 0.537. The predicted molar refractivity (Wildman–Crippen MR) is 51.5 cm³/mol. The smallest absolute Gasteiger partial charge is 0.00822 e. The van der Waals surface area contributed by atoms with Crippen LogP contribution in [0.1, 0.15) is 16.7 Å². The zero-order valence-corrected chi connectivity index (χ0v) is 6.75. The van der Waals surface area contributed by atoms with Crippen molar-refractivity contribution in [2.75, 3.05) is 0 Å². The Balaban J connectivity index is 2.39. The van der Waals surface area contributed by atoms with Gasteiger partial charge < -0.3 is 0 Å². The molecule has 0 spiro atoms. The average molecular weight is 153 g/mol. The van der Waals surface area contributed by atoms with Gasteiger partial charge in [-0.15, -0.1) is 0 Å². The van der Waals surface area contributed by atoms with E-state index < -0.39 is 0 Å². The first-order valence-electron chi connectivity index (χ1n) is 4.29. The highest BCUT2D eigenvalue weighted by atomic mass is 14.2. The van der Waals surface area contributed by atoms with Crippen molar-refractivity contribution < 1.29 is 0 Å². The van der Waals surface area contributed by atoms with Crippen LogP contribution in [0.25, 0.3) is 11.6 Å². The van der Waals surface area contributed by atoms with E-state index in [1.165, 1.54) is 22.3 Å². The summed E-state index contributed by atoms with van der Waals surface area (Å²) in [6.45, 7) is 0. The van der Waals surface area contributed by atoms with Crippen LogP contribution in [0, 0.1) is 6.42 Å². The molecule has 0 unspecified atom stereocenters. The Labute approximate surface area is 72.2 Å². The van der Waals surface area contributed by atoms with Gasteiger partial charge in [-0.05, 0) is 35.1 Å². The molecule has 0 nitrogen and oxygen atoms in total. The van der Waals surface area contributed by atoms with Crippen molar-refractivity contribution >= 4 is 11.6 Å². The summed E-state index contributed by atoms with van der Waals surface area (Å²) in [6, 6.07) is 6.54. The molecule has 0 bridgehead atoms. The Morgan fingerprint density at radius 2 is 2.08 bits per heavy atom. The Morgan fingerprint density at radius 3 is 3.08 bits per heavy atom. The summed E-state index contributed by atoms with van der Waals surface area (Å²) in [4.78, 5) is 0. The van der Waals surface area contributed by atoms with Gasteiger partial charge in [-0.3, -0.25) is 0 Å². The van der Waals surface area contributed by atoms with E-state index in [-0.39, 0.29) is 0 Å². The highest BCUT2D eigenvalue weighted by Crippen LogP contribution is 2.35. The third-order valence-electron chi connectivity index (χ3n) is 2.55. The van der Waals surface area contributed by atoms with Crippen LogP contribution in [0.3, 0.4) is 0 Å². The molecule has 0 atom stereocenters. The van der Waals surface area contributed by atoms with Crippen LogP contribution < -0.4 is 0 Å². The molecule has 2 aliphatic rings. The second-order valence-electron chi connectivity index (χ2n) is 3.28. The summed E-state index contributed by atoms with van der Waals surface area (Å²) >= 11 is 0. The molecule has 0 aromatic heterocycles. The van der Waals surface area contributed by atoms with Crippen molar-refractivity contribution in [2.45, 2.75) is 6.42 Å². The van der Waals surface area contributed by atoms with Crippen LogP contribution >= 0.6 is 0 Å². The lowest BCUT2D eigenvalue weighted by molar-refractivity contribution is 1.16. The second-order valence-corrected chi connectivity index (χ2v) is 3.28. The summed E-state index contributed by atoms with van der Waals surface area (Å²) in [5, 5.41) is 0. The van der Waals surface area contributed by atoms with Crippen LogP contribution in [0.5, 0.6) is 0 Å². The van der Waals surface area contributed by atoms with Crippen molar-refractivity contribution in [3.05, 3.63) is 53.5 Å². The number of hydrogen-bond donors (Lipinski definition) is 0. The van der Waals surface area contributed by atoms with Crippen LogP contribution in [0.2, 0.25) is 0 Å². The largest absolute Gasteiger partial charge is 0.0726 e. The molecular formula is C12H9. The van der Waals surface area contributed by atoms with Gasteiger partial charge in [0.2, 0.25) is 0 Å². The van der Waals surface area contributed by atoms with E-state index in [0.717, 1.165) is 6.42 Å². The van der Waals surface area contributed by atoms with E-state index in [9.17, 15) is 0 Å². The summed E-state index contributed by atoms with van der Waals surface area (Å²) in [5.74, 6) is 0. The van der Waals surface area contributed by atoms with Crippen molar-refractivity contribution in [2.24, 2.45) is 0 Å². The Kier molecular flexibility index (Phi) is 1.09. The minimum atomic E-state index is 1.09. The maximum Gasteiger partial charge on any atom is -0.00822 e. The average Bonchev–Trinajstić information content (AvgIpc) is 2.52. The molecule has 2 aliphatic carbocycles. The SMILES string of the molecule is [CH]1C=C2C=Cc3cccc(c32)C1. The fourth-order valence-corrected chi connectivity index (χ4v) is 2.00. The molecule has 0 heterocycles. The Morgan fingerprint density at radius 1 is 1.08 bits per heavy atom. The number of rotatable bonds is 0. The zero-order chi connectivity index (χ0) is 7.97. The maximum atomic E-state index is 2.23. The van der Waals surface area contributed by atoms with E-state index in [1.54, 1.807) is 0 Å². The predicted octanol–water partition coefficient (Wildman–Crippen LogP) is 2.86. The highest BCUT2D eigenvalue weighted by Gasteiger charge is 2.16. The van der Waals surface area contributed by atoms with Crippen molar-refractivity contribution in [1.29, 1.82) is 0 Å². The molecule has 0 aliphatic heterocycles. The summed E-state index contributed by atoms with van der Waals surface area (Å²) in [5.41, 5.74) is 5.69. The normalized spacial score (nSPS) is 17.5. The summed E-state index contributed by atoms with van der Waals surface area (Å²) < 4.78 is 0. The lowest BCUT2D eigenvalue weighted by atomic mass is 9.91. The van der Waals surface area contributed by atoms with Gasteiger partial charge in [0, 0.05) is 0 Å². The standard InChI is InChI=1S/C12H9/c1-3-9-4-2-6-11-8-7-10(5-1)12(9)11/h1-3,5-8H,4H2. The van der Waals surface area contributed by atoms with Crippen LogP contribution in [-0.4, -0.2) is 0 Å². The minimum Gasteiger partial charge on any atom is -0.0726 e. The monoisotopic (exact) mass is 153 g/mol. The molecule has 12 heavy (non-hydrogen) atoms. The molecular weight excluding hydrogens is 144 g/mol. The van der Waals surface area contributed by atoms with E-state index in [0.29, 0.717) is 0 Å². The molecule has 1 radical (unpaired) electrons. The molecule has 1 aromatic carbocycles. The molecule has 0 saturated heterocycles. The van der Waals surface area contributed by atoms with Gasteiger partial charge in [-0.1, -0.05) is 36.4 Å². The first-order valence-corrected chi connectivity index (χ1v) is 4.29. The van der Waals surface area contributed by atoms with Gasteiger partial charge in [0.15, 0.2) is 0 Å². The lowest BCUT2D eigenvalue weighted by Crippen LogP contribution is -1.97. The Hall–Kier alpha value is -1.30. The van der Waals surface area contributed by atoms with Gasteiger partial charge in [0.25, 0.3) is 0 Å². The van der Waals surface area contributed by atoms with Gasteiger partial charge in [-0.25, -0.2) is 0 Å². The maximum absolute atomic E-state index is 2.23. The van der Waals surface area contributed by atoms with Crippen LogP contribution in [0.15, 0.2) is 30.4 Å². The second kappa shape index (κ2) is 2.10. The van der Waals surface area contributed by atoms with Crippen molar-refractivity contribution in [1.82, 2.24) is 0 Å². The molecule has 0 saturated carbocycles. The fraction of sp³-hybridized carbons (Fsp3) is 0.0833. The van der Waals surface area contributed by atoms with E-state index in [1.807, 2.05) is 0 Å². The van der Waals surface area contributed by atoms with Crippen molar-refractivity contribution in [3.63, 3.8) is 0 Å². The van der Waals surface area contributed by atoms with E-state index in [4.69, 9.17) is 0 Å². The number of allylic oxidation sites excluding steroid dienone is 3. The molecule has 0 N–H and O–H groups in total. The summed E-state index contributed by atoms with van der Waals surface area (Å²) in [6.07, 6.45) is 9.94. The zero-order valence-electron chi connectivity index (χ0n) is 6.75. The van der Waals surface area contributed by atoms with E-state index in [2.05, 4.69) is 42.8 Å². The highest BCUT2D eigenvalue weighted by molar-refractivity contribution is 5.92.